The largest absolute Gasteiger partial charge is 0.367 e. The molecule has 0 amide bonds. The highest BCUT2D eigenvalue weighted by Gasteiger charge is 2.04. The van der Waals surface area contributed by atoms with Crippen molar-refractivity contribution in [1.29, 1.82) is 0 Å². The second-order valence-corrected chi connectivity index (χ2v) is 3.56. The molecule has 0 radical (unpaired) electrons. The number of hydrogen-bond acceptors (Lipinski definition) is 3. The fourth-order valence-corrected chi connectivity index (χ4v) is 1.62. The van der Waals surface area contributed by atoms with E-state index in [4.69, 9.17) is 6.42 Å². The van der Waals surface area contributed by atoms with Crippen LogP contribution in [0, 0.1) is 19.3 Å². The number of anilines is 1. The van der Waals surface area contributed by atoms with E-state index in [2.05, 4.69) is 21.4 Å². The maximum Gasteiger partial charge on any atom is 0.156 e. The van der Waals surface area contributed by atoms with Crippen LogP contribution in [0.2, 0.25) is 0 Å². The Bertz CT molecular complexity index is 540. The van der Waals surface area contributed by atoms with Crippen molar-refractivity contribution in [2.75, 3.05) is 11.9 Å². The summed E-state index contributed by atoms with van der Waals surface area (Å²) in [6.45, 7) is 2.68. The second-order valence-electron chi connectivity index (χ2n) is 3.56. The Kier molecular flexibility index (Phi) is 3.02. The van der Waals surface area contributed by atoms with Gasteiger partial charge in [-0.15, -0.1) is 17.4 Å². The zero-order chi connectivity index (χ0) is 11.4. The molecule has 80 valence electrons. The maximum atomic E-state index is 5.20. The fourth-order valence-electron chi connectivity index (χ4n) is 1.62. The summed E-state index contributed by atoms with van der Waals surface area (Å²) in [5.41, 5.74) is 0.943. The van der Waals surface area contributed by atoms with E-state index in [0.29, 0.717) is 6.42 Å². The average molecular weight is 211 g/mol. The quantitative estimate of drug-likeness (QED) is 0.625. The van der Waals surface area contributed by atoms with Gasteiger partial charge in [0.05, 0.1) is 5.69 Å². The normalized spacial score (nSPS) is 10.0. The Morgan fingerprint density at radius 3 is 2.75 bits per heavy atom. The molecule has 0 aliphatic rings. The predicted octanol–water partition coefficient (Wildman–Crippen LogP) is 2.37. The third-order valence-electron chi connectivity index (χ3n) is 2.43. The first-order valence-corrected chi connectivity index (χ1v) is 5.22. The minimum atomic E-state index is 0.684. The van der Waals surface area contributed by atoms with Gasteiger partial charge in [0.25, 0.3) is 0 Å². The van der Waals surface area contributed by atoms with Crippen LogP contribution in [0.15, 0.2) is 24.3 Å². The molecule has 0 atom stereocenters. The van der Waals surface area contributed by atoms with Crippen molar-refractivity contribution < 1.29 is 0 Å². The molecule has 3 heteroatoms. The van der Waals surface area contributed by atoms with Crippen LogP contribution in [0.5, 0.6) is 0 Å². The topological polar surface area (TPSA) is 37.8 Å². The van der Waals surface area contributed by atoms with Crippen LogP contribution in [0.1, 0.15) is 12.1 Å². The van der Waals surface area contributed by atoms with Gasteiger partial charge >= 0.3 is 0 Å². The third-order valence-corrected chi connectivity index (χ3v) is 2.43. The summed E-state index contributed by atoms with van der Waals surface area (Å²) in [5.74, 6) is 3.39. The Morgan fingerprint density at radius 1 is 1.25 bits per heavy atom. The molecule has 1 heterocycles. The van der Waals surface area contributed by atoms with Gasteiger partial charge in [0.15, 0.2) is 5.82 Å². The van der Waals surface area contributed by atoms with E-state index in [-0.39, 0.29) is 0 Å². The van der Waals surface area contributed by atoms with E-state index in [1.165, 1.54) is 0 Å². The predicted molar refractivity (Wildman–Crippen MR) is 66.2 cm³/mol. The highest BCUT2D eigenvalue weighted by molar-refractivity contribution is 5.92. The summed E-state index contributed by atoms with van der Waals surface area (Å²) >= 11 is 0. The number of aryl methyl sites for hydroxylation is 1. The molecule has 0 aliphatic heterocycles. The minimum Gasteiger partial charge on any atom is -0.367 e. The molecule has 1 aromatic carbocycles. The van der Waals surface area contributed by atoms with Gasteiger partial charge < -0.3 is 5.32 Å². The van der Waals surface area contributed by atoms with E-state index >= 15 is 0 Å². The molecular weight excluding hydrogens is 198 g/mol. The second kappa shape index (κ2) is 4.63. The smallest absolute Gasteiger partial charge is 0.156 e. The molecule has 2 rings (SSSR count). The molecule has 1 aromatic heterocycles. The number of rotatable bonds is 3. The number of nitrogens with one attached hydrogen (secondary N) is 1. The molecule has 0 bridgehead atoms. The van der Waals surface area contributed by atoms with E-state index in [1.807, 2.05) is 31.2 Å². The first-order valence-electron chi connectivity index (χ1n) is 5.22. The highest BCUT2D eigenvalue weighted by Crippen LogP contribution is 2.21. The van der Waals surface area contributed by atoms with Crippen molar-refractivity contribution in [1.82, 2.24) is 10.2 Å². The van der Waals surface area contributed by atoms with Gasteiger partial charge in [-0.3, -0.25) is 0 Å². The standard InChI is InChI=1S/C13H13N3/c1-3-4-9-14-13-12-8-6-5-7-11(12)10(2)15-16-13/h1,5-8H,4,9H2,2H3,(H,14,16). The van der Waals surface area contributed by atoms with E-state index < -0.39 is 0 Å². The first kappa shape index (κ1) is 10.4. The molecule has 0 unspecified atom stereocenters. The van der Waals surface area contributed by atoms with Gasteiger partial charge in [0.1, 0.15) is 0 Å². The number of nitrogens with zero attached hydrogens (tertiary/aromatic N) is 2. The van der Waals surface area contributed by atoms with Gasteiger partial charge in [-0.25, -0.2) is 0 Å². The van der Waals surface area contributed by atoms with Crippen LogP contribution >= 0.6 is 0 Å². The van der Waals surface area contributed by atoms with Gasteiger partial charge in [-0.05, 0) is 6.92 Å². The SMILES string of the molecule is C#CCCNc1nnc(C)c2ccccc12. The van der Waals surface area contributed by atoms with Crippen LogP contribution in [0.4, 0.5) is 5.82 Å². The van der Waals surface area contributed by atoms with Crippen molar-refractivity contribution >= 4 is 16.6 Å². The lowest BCUT2D eigenvalue weighted by molar-refractivity contribution is 0.978. The zero-order valence-corrected chi connectivity index (χ0v) is 9.20. The molecule has 0 spiro atoms. The van der Waals surface area contributed by atoms with E-state index in [9.17, 15) is 0 Å². The summed E-state index contributed by atoms with van der Waals surface area (Å²) in [7, 11) is 0. The molecule has 1 N–H and O–H groups in total. The molecular formula is C13H13N3. The monoisotopic (exact) mass is 211 g/mol. The summed E-state index contributed by atoms with van der Waals surface area (Å²) in [5, 5.41) is 13.7. The Hall–Kier alpha value is -2.08. The summed E-state index contributed by atoms with van der Waals surface area (Å²) < 4.78 is 0. The van der Waals surface area contributed by atoms with Crippen LogP contribution in [0.25, 0.3) is 10.8 Å². The summed E-state index contributed by atoms with van der Waals surface area (Å²) in [6.07, 6.45) is 5.89. The molecule has 0 saturated carbocycles. The van der Waals surface area contributed by atoms with Crippen molar-refractivity contribution in [3.8, 4) is 12.3 Å². The van der Waals surface area contributed by atoms with Gasteiger partial charge in [0, 0.05) is 23.7 Å². The highest BCUT2D eigenvalue weighted by atomic mass is 15.2. The summed E-state index contributed by atoms with van der Waals surface area (Å²) in [6, 6.07) is 8.08. The molecule has 0 aliphatic carbocycles. The van der Waals surface area contributed by atoms with Crippen molar-refractivity contribution in [3.05, 3.63) is 30.0 Å². The Balaban J connectivity index is 2.39. The maximum absolute atomic E-state index is 5.20. The Morgan fingerprint density at radius 2 is 2.00 bits per heavy atom. The summed E-state index contributed by atoms with van der Waals surface area (Å²) in [4.78, 5) is 0. The molecule has 16 heavy (non-hydrogen) atoms. The fraction of sp³-hybridized carbons (Fsp3) is 0.231. The third kappa shape index (κ3) is 1.96. The molecule has 3 nitrogen and oxygen atoms in total. The van der Waals surface area contributed by atoms with Crippen LogP contribution < -0.4 is 5.32 Å². The lowest BCUT2D eigenvalue weighted by atomic mass is 10.1. The Labute approximate surface area is 94.9 Å². The number of fused-ring (bicyclic) bond motifs is 1. The van der Waals surface area contributed by atoms with Gasteiger partial charge in [-0.2, -0.15) is 5.10 Å². The van der Waals surface area contributed by atoms with Crippen molar-refractivity contribution in [2.45, 2.75) is 13.3 Å². The van der Waals surface area contributed by atoms with E-state index in [1.54, 1.807) is 0 Å². The molecule has 0 fully saturated rings. The number of terminal acetylenes is 1. The van der Waals surface area contributed by atoms with E-state index in [0.717, 1.165) is 28.8 Å². The molecule has 2 aromatic rings. The van der Waals surface area contributed by atoms with Crippen LogP contribution in [0.3, 0.4) is 0 Å². The van der Waals surface area contributed by atoms with Gasteiger partial charge in [0.2, 0.25) is 0 Å². The van der Waals surface area contributed by atoms with Crippen molar-refractivity contribution in [2.24, 2.45) is 0 Å². The average Bonchev–Trinajstić information content (AvgIpc) is 2.33. The first-order chi connectivity index (χ1) is 7.83. The number of hydrogen-bond donors (Lipinski definition) is 1. The zero-order valence-electron chi connectivity index (χ0n) is 9.20. The van der Waals surface area contributed by atoms with Gasteiger partial charge in [-0.1, -0.05) is 24.3 Å². The molecule has 0 saturated heterocycles. The minimum absolute atomic E-state index is 0.684. The lowest BCUT2D eigenvalue weighted by Crippen LogP contribution is -2.05. The number of benzene rings is 1. The van der Waals surface area contributed by atoms with Crippen molar-refractivity contribution in [3.63, 3.8) is 0 Å². The van der Waals surface area contributed by atoms with Crippen LogP contribution in [-0.2, 0) is 0 Å². The number of aromatic nitrogens is 2. The lowest BCUT2D eigenvalue weighted by Gasteiger charge is -2.07. The van der Waals surface area contributed by atoms with Crippen LogP contribution in [-0.4, -0.2) is 16.7 Å².